The summed E-state index contributed by atoms with van der Waals surface area (Å²) in [7, 11) is 0. The maximum Gasteiger partial charge on any atom is 0.259 e. The van der Waals surface area contributed by atoms with Gasteiger partial charge >= 0.3 is 0 Å². The van der Waals surface area contributed by atoms with Crippen LogP contribution in [0.2, 0.25) is 0 Å². The van der Waals surface area contributed by atoms with E-state index in [0.717, 1.165) is 31.5 Å². The van der Waals surface area contributed by atoms with Crippen molar-refractivity contribution in [1.29, 1.82) is 0 Å². The van der Waals surface area contributed by atoms with Gasteiger partial charge in [0.25, 0.3) is 5.91 Å². The Morgan fingerprint density at radius 1 is 1.14 bits per heavy atom. The molecule has 1 aromatic carbocycles. The lowest BCUT2D eigenvalue weighted by molar-refractivity contribution is -0.136. The topological polar surface area (TPSA) is 61.4 Å². The second-order valence-corrected chi connectivity index (χ2v) is 5.92. The Morgan fingerprint density at radius 2 is 1.95 bits per heavy atom. The van der Waals surface area contributed by atoms with Crippen molar-refractivity contribution in [3.05, 3.63) is 48.0 Å². The molecule has 0 spiro atoms. The molecule has 1 fully saturated rings. The minimum absolute atomic E-state index is 0.101. The molecule has 0 aromatic heterocycles. The quantitative estimate of drug-likeness (QED) is 0.650. The van der Waals surface area contributed by atoms with Gasteiger partial charge in [-0.3, -0.25) is 25.3 Å². The van der Waals surface area contributed by atoms with Gasteiger partial charge in [-0.25, -0.2) is 0 Å². The van der Waals surface area contributed by atoms with Crippen molar-refractivity contribution in [1.82, 2.24) is 15.8 Å². The van der Waals surface area contributed by atoms with Gasteiger partial charge in [-0.2, -0.15) is 0 Å². The maximum atomic E-state index is 12.6. The Hall–Kier alpha value is -2.14. The van der Waals surface area contributed by atoms with Crippen molar-refractivity contribution in [2.75, 3.05) is 13.1 Å². The zero-order chi connectivity index (χ0) is 15.4. The van der Waals surface area contributed by atoms with Gasteiger partial charge in [-0.1, -0.05) is 42.5 Å². The zero-order valence-electron chi connectivity index (χ0n) is 12.5. The third kappa shape index (κ3) is 2.90. The van der Waals surface area contributed by atoms with Crippen LogP contribution in [0.1, 0.15) is 24.8 Å². The highest BCUT2D eigenvalue weighted by Gasteiger charge is 2.47. The third-order valence-corrected chi connectivity index (χ3v) is 4.52. The van der Waals surface area contributed by atoms with E-state index in [4.69, 9.17) is 0 Å². The molecule has 2 aliphatic rings. The first-order chi connectivity index (χ1) is 10.7. The molecule has 0 saturated carbocycles. The highest BCUT2D eigenvalue weighted by atomic mass is 16.2. The van der Waals surface area contributed by atoms with Crippen LogP contribution in [0.25, 0.3) is 0 Å². The minimum Gasteiger partial charge on any atom is -0.285 e. The second-order valence-electron chi connectivity index (χ2n) is 5.92. The van der Waals surface area contributed by atoms with Crippen LogP contribution in [0.3, 0.4) is 0 Å². The molecule has 1 atom stereocenters. The fourth-order valence-corrected chi connectivity index (χ4v) is 3.33. The van der Waals surface area contributed by atoms with Gasteiger partial charge in [0.05, 0.1) is 6.42 Å². The smallest absolute Gasteiger partial charge is 0.259 e. The predicted octanol–water partition coefficient (Wildman–Crippen LogP) is 1.17. The first-order valence-electron chi connectivity index (χ1n) is 7.74. The molecule has 5 nitrogen and oxygen atoms in total. The molecule has 3 rings (SSSR count). The molecule has 5 heteroatoms. The summed E-state index contributed by atoms with van der Waals surface area (Å²) in [4.78, 5) is 26.7. The van der Waals surface area contributed by atoms with Gasteiger partial charge in [0.15, 0.2) is 0 Å². The van der Waals surface area contributed by atoms with Crippen molar-refractivity contribution in [2.45, 2.75) is 31.2 Å². The number of hydrogen-bond acceptors (Lipinski definition) is 3. The van der Waals surface area contributed by atoms with Crippen LogP contribution in [0.4, 0.5) is 0 Å². The van der Waals surface area contributed by atoms with E-state index in [2.05, 4.69) is 27.9 Å². The average molecular weight is 299 g/mol. The van der Waals surface area contributed by atoms with E-state index < -0.39 is 5.54 Å². The molecular weight excluding hydrogens is 278 g/mol. The van der Waals surface area contributed by atoms with E-state index in [1.807, 2.05) is 30.3 Å². The molecule has 1 unspecified atom stereocenters. The number of rotatable bonds is 3. The van der Waals surface area contributed by atoms with Gasteiger partial charge < -0.3 is 0 Å². The Bertz CT molecular complexity index is 585. The molecule has 0 bridgehead atoms. The lowest BCUT2D eigenvalue weighted by Crippen LogP contribution is -2.59. The molecule has 0 aliphatic carbocycles. The fourth-order valence-electron chi connectivity index (χ4n) is 3.33. The van der Waals surface area contributed by atoms with E-state index in [0.29, 0.717) is 6.42 Å². The molecule has 0 radical (unpaired) electrons. The van der Waals surface area contributed by atoms with Crippen molar-refractivity contribution >= 4 is 11.8 Å². The molecule has 2 amide bonds. The summed E-state index contributed by atoms with van der Waals surface area (Å²) in [5.41, 5.74) is 5.62. The summed E-state index contributed by atoms with van der Waals surface area (Å²) >= 11 is 0. The van der Waals surface area contributed by atoms with E-state index in [9.17, 15) is 9.59 Å². The largest absolute Gasteiger partial charge is 0.285 e. The number of carbonyl (C=O) groups is 2. The lowest BCUT2D eigenvalue weighted by atomic mass is 9.89. The Morgan fingerprint density at radius 3 is 2.77 bits per heavy atom. The monoisotopic (exact) mass is 299 g/mol. The van der Waals surface area contributed by atoms with Crippen LogP contribution >= 0.6 is 0 Å². The average Bonchev–Trinajstić information content (AvgIpc) is 2.99. The highest BCUT2D eigenvalue weighted by Crippen LogP contribution is 2.35. The van der Waals surface area contributed by atoms with E-state index >= 15 is 0 Å². The van der Waals surface area contributed by atoms with Gasteiger partial charge in [0.1, 0.15) is 5.54 Å². The van der Waals surface area contributed by atoms with Crippen LogP contribution in [0.15, 0.2) is 42.5 Å². The van der Waals surface area contributed by atoms with Crippen molar-refractivity contribution < 1.29 is 9.59 Å². The molecule has 1 aromatic rings. The molecular formula is C17H21N3O2. The first kappa shape index (κ1) is 14.8. The lowest BCUT2D eigenvalue weighted by Gasteiger charge is -2.38. The van der Waals surface area contributed by atoms with Crippen molar-refractivity contribution in [3.63, 3.8) is 0 Å². The van der Waals surface area contributed by atoms with E-state index in [-0.39, 0.29) is 18.2 Å². The summed E-state index contributed by atoms with van der Waals surface area (Å²) < 4.78 is 0. The number of carbonyl (C=O) groups excluding carboxylic acids is 2. The number of hydrazine groups is 1. The van der Waals surface area contributed by atoms with Crippen LogP contribution in [-0.2, 0) is 16.0 Å². The van der Waals surface area contributed by atoms with Gasteiger partial charge in [-0.05, 0) is 31.4 Å². The number of benzene rings is 1. The van der Waals surface area contributed by atoms with E-state index in [1.165, 1.54) is 0 Å². The van der Waals surface area contributed by atoms with Crippen LogP contribution in [0, 0.1) is 0 Å². The van der Waals surface area contributed by atoms with Gasteiger partial charge in [-0.15, -0.1) is 0 Å². The van der Waals surface area contributed by atoms with E-state index in [1.54, 1.807) is 0 Å². The summed E-state index contributed by atoms with van der Waals surface area (Å²) in [6.45, 7) is 1.75. The summed E-state index contributed by atoms with van der Waals surface area (Å²) in [5, 5.41) is 0. The molecule has 22 heavy (non-hydrogen) atoms. The number of fused-ring (bicyclic) bond motifs is 1. The fraction of sp³-hybridized carbons (Fsp3) is 0.412. The van der Waals surface area contributed by atoms with Crippen molar-refractivity contribution in [3.8, 4) is 0 Å². The van der Waals surface area contributed by atoms with Gasteiger partial charge in [0.2, 0.25) is 5.91 Å². The third-order valence-electron chi connectivity index (χ3n) is 4.52. The summed E-state index contributed by atoms with van der Waals surface area (Å²) in [6, 6.07) is 9.49. The van der Waals surface area contributed by atoms with Crippen molar-refractivity contribution in [2.24, 2.45) is 0 Å². The zero-order valence-corrected chi connectivity index (χ0v) is 12.5. The molecule has 2 heterocycles. The number of amides is 2. The highest BCUT2D eigenvalue weighted by molar-refractivity contribution is 5.89. The molecule has 1 saturated heterocycles. The normalized spacial score (nSPS) is 23.8. The Kier molecular flexibility index (Phi) is 4.24. The number of nitrogens with one attached hydrogen (secondary N) is 2. The SMILES string of the molecule is O=C(Cc1ccccc1)NNC(=O)C12CC=CCN1CCC2. The van der Waals surface area contributed by atoms with Crippen LogP contribution in [-0.4, -0.2) is 35.3 Å². The standard InChI is InChI=1S/C17H21N3O2/c21-15(13-14-7-2-1-3-8-14)18-19-16(22)17-9-4-5-11-20(17)12-6-10-17/h1-5,7-8H,6,9-13H2,(H,18,21)(H,19,22). The Balaban J connectivity index is 1.56. The van der Waals surface area contributed by atoms with Crippen LogP contribution in [0.5, 0.6) is 0 Å². The molecule has 116 valence electrons. The Labute approximate surface area is 130 Å². The minimum atomic E-state index is -0.477. The first-order valence-corrected chi connectivity index (χ1v) is 7.74. The molecule has 2 N–H and O–H groups in total. The summed E-state index contributed by atoms with van der Waals surface area (Å²) in [5.74, 6) is -0.303. The predicted molar refractivity (Wildman–Crippen MR) is 83.7 cm³/mol. The second kappa shape index (κ2) is 6.32. The number of nitrogens with zero attached hydrogens (tertiary/aromatic N) is 1. The maximum absolute atomic E-state index is 12.6. The number of hydrogen-bond donors (Lipinski definition) is 2. The van der Waals surface area contributed by atoms with Gasteiger partial charge in [0, 0.05) is 6.54 Å². The summed E-state index contributed by atoms with van der Waals surface area (Å²) in [6.07, 6.45) is 7.01. The molecule has 2 aliphatic heterocycles. The van der Waals surface area contributed by atoms with Crippen LogP contribution < -0.4 is 10.9 Å².